The molecule has 0 fully saturated rings. The van der Waals surface area contributed by atoms with Crippen molar-refractivity contribution >= 4 is 47.4 Å². The molecule has 0 aliphatic rings. The molecule has 0 saturated heterocycles. The highest BCUT2D eigenvalue weighted by atomic mass is 19.4. The van der Waals surface area contributed by atoms with Crippen LogP contribution in [0.3, 0.4) is 0 Å². The predicted octanol–water partition coefficient (Wildman–Crippen LogP) is 1.21. The molecule has 13 nitrogen and oxygen atoms in total. The molecule has 0 bridgehead atoms. The molecule has 0 heterocycles. The van der Waals surface area contributed by atoms with Crippen molar-refractivity contribution in [3.05, 3.63) is 35.9 Å². The van der Waals surface area contributed by atoms with Crippen molar-refractivity contribution in [2.24, 2.45) is 11.7 Å². The predicted molar refractivity (Wildman–Crippen MR) is 128 cm³/mol. The van der Waals surface area contributed by atoms with E-state index in [4.69, 9.17) is 26.2 Å². The van der Waals surface area contributed by atoms with E-state index in [0.717, 1.165) is 6.08 Å². The lowest BCUT2D eigenvalue weighted by atomic mass is 10.0. The lowest BCUT2D eigenvalue weighted by Crippen LogP contribution is -2.52. The number of carbonyl (C=O) groups is 5. The average molecular weight is 547 g/mol. The first-order chi connectivity index (χ1) is 17.4. The molecule has 0 unspecified atom stereocenters. The number of benzene rings is 1. The zero-order chi connectivity index (χ0) is 29.6. The van der Waals surface area contributed by atoms with E-state index in [1.54, 1.807) is 38.1 Å². The second-order valence-corrected chi connectivity index (χ2v) is 7.98. The van der Waals surface area contributed by atoms with Crippen LogP contribution in [0, 0.1) is 11.3 Å². The van der Waals surface area contributed by atoms with Crippen molar-refractivity contribution in [1.82, 2.24) is 10.6 Å². The van der Waals surface area contributed by atoms with Gasteiger partial charge < -0.3 is 37.0 Å². The first-order valence-corrected chi connectivity index (χ1v) is 10.7. The van der Waals surface area contributed by atoms with Crippen LogP contribution in [0.1, 0.15) is 32.3 Å². The van der Waals surface area contributed by atoms with E-state index in [9.17, 15) is 37.5 Å². The first-order valence-electron chi connectivity index (χ1n) is 10.7. The van der Waals surface area contributed by atoms with Gasteiger partial charge in [-0.25, -0.2) is 9.59 Å². The van der Waals surface area contributed by atoms with Crippen LogP contribution in [0.5, 0.6) is 0 Å². The molecular weight excluding hydrogens is 519 g/mol. The second kappa shape index (κ2) is 15.5. The molecule has 2 atom stereocenters. The maximum atomic E-state index is 12.4. The Morgan fingerprint density at radius 2 is 1.53 bits per heavy atom. The molecule has 0 spiro atoms. The Kier molecular flexibility index (Phi) is 13.6. The molecule has 0 saturated carbocycles. The van der Waals surface area contributed by atoms with Gasteiger partial charge in [-0.05, 0) is 36.1 Å². The molecule has 1 rings (SSSR count). The summed E-state index contributed by atoms with van der Waals surface area (Å²) in [6, 6.07) is 3.95. The molecular formula is C22H28F3N5O8. The van der Waals surface area contributed by atoms with Gasteiger partial charge >= 0.3 is 24.1 Å². The van der Waals surface area contributed by atoms with Gasteiger partial charge in [0, 0.05) is 11.8 Å². The molecule has 16 heteroatoms. The van der Waals surface area contributed by atoms with Gasteiger partial charge in [0.05, 0.1) is 6.42 Å². The minimum Gasteiger partial charge on any atom is -0.481 e. The molecule has 2 amide bonds. The fourth-order valence-electron chi connectivity index (χ4n) is 2.57. The molecule has 0 aromatic heterocycles. The number of aliphatic carboxylic acids is 3. The minimum absolute atomic E-state index is 0.0196. The van der Waals surface area contributed by atoms with Crippen molar-refractivity contribution in [2.45, 2.75) is 44.9 Å². The van der Waals surface area contributed by atoms with E-state index in [1.807, 2.05) is 0 Å². The van der Waals surface area contributed by atoms with Gasteiger partial charge in [0.2, 0.25) is 11.8 Å². The first kappa shape index (κ1) is 33.4. The van der Waals surface area contributed by atoms with Crippen LogP contribution >= 0.6 is 0 Å². The topological polar surface area (TPSA) is 232 Å². The number of hydrogen-bond acceptors (Lipinski definition) is 6. The Labute approximate surface area is 214 Å². The lowest BCUT2D eigenvalue weighted by Gasteiger charge is -2.21. The summed E-state index contributed by atoms with van der Waals surface area (Å²) in [6.45, 7) is 3.57. The molecule has 38 heavy (non-hydrogen) atoms. The summed E-state index contributed by atoms with van der Waals surface area (Å²) in [5, 5.41) is 39.7. The summed E-state index contributed by atoms with van der Waals surface area (Å²) in [6.07, 6.45) is -3.06. The summed E-state index contributed by atoms with van der Waals surface area (Å²) < 4.78 is 31.7. The van der Waals surface area contributed by atoms with Crippen LogP contribution in [0.25, 0.3) is 6.08 Å². The number of halogens is 3. The second-order valence-electron chi connectivity index (χ2n) is 7.98. The van der Waals surface area contributed by atoms with Crippen molar-refractivity contribution in [1.29, 1.82) is 5.41 Å². The number of rotatable bonds is 11. The maximum Gasteiger partial charge on any atom is 0.490 e. The summed E-state index contributed by atoms with van der Waals surface area (Å²) >= 11 is 0. The van der Waals surface area contributed by atoms with E-state index in [2.05, 4.69) is 16.0 Å². The van der Waals surface area contributed by atoms with Crippen molar-refractivity contribution in [2.75, 3.05) is 5.32 Å². The quantitative estimate of drug-likeness (QED) is 0.112. The van der Waals surface area contributed by atoms with E-state index in [1.165, 1.54) is 6.08 Å². The average Bonchev–Trinajstić information content (AvgIpc) is 2.76. The SMILES string of the molecule is CC(C)C[C@H](NC(=O)[C@H](CC(=O)O)NC(=O)C=Cc1ccc(NC(=N)N)cc1)C(=O)O.O=C(O)C(F)(F)F. The number of nitrogens with one attached hydrogen (secondary N) is 4. The Balaban J connectivity index is 0.00000171. The van der Waals surface area contributed by atoms with E-state index in [-0.39, 0.29) is 18.3 Å². The molecule has 0 aliphatic heterocycles. The van der Waals surface area contributed by atoms with Gasteiger partial charge in [-0.3, -0.25) is 19.8 Å². The number of carboxylic acid groups (broad SMARTS) is 3. The van der Waals surface area contributed by atoms with Crippen molar-refractivity contribution in [3.63, 3.8) is 0 Å². The highest BCUT2D eigenvalue weighted by Crippen LogP contribution is 2.13. The van der Waals surface area contributed by atoms with Crippen LogP contribution < -0.4 is 21.7 Å². The molecule has 0 radical (unpaired) electrons. The zero-order valence-corrected chi connectivity index (χ0v) is 20.2. The summed E-state index contributed by atoms with van der Waals surface area (Å²) in [4.78, 5) is 55.9. The monoisotopic (exact) mass is 547 g/mol. The van der Waals surface area contributed by atoms with E-state index >= 15 is 0 Å². The van der Waals surface area contributed by atoms with Crippen molar-refractivity contribution < 1.29 is 52.5 Å². The Morgan fingerprint density at radius 1 is 1.00 bits per heavy atom. The lowest BCUT2D eigenvalue weighted by molar-refractivity contribution is -0.192. The fourth-order valence-corrected chi connectivity index (χ4v) is 2.57. The van der Waals surface area contributed by atoms with Gasteiger partial charge in [0.1, 0.15) is 12.1 Å². The Morgan fingerprint density at radius 3 is 1.92 bits per heavy atom. The number of carboxylic acids is 3. The summed E-state index contributed by atoms with van der Waals surface area (Å²) in [5.74, 6) is -7.18. The van der Waals surface area contributed by atoms with E-state index < -0.39 is 54.4 Å². The standard InChI is InChI=1S/C20H27N5O6.C2HF3O2/c1-11(2)9-15(19(30)31)25-18(29)14(10-17(27)28)24-16(26)8-5-12-3-6-13(7-4-12)23-20(21)22;3-2(4,5)1(6)7/h3-8,11,14-15H,9-10H2,1-2H3,(H,24,26)(H,25,29)(H,27,28)(H,30,31)(H4,21,22,23);(H,6,7)/t14-,15-;/m0./s1. The van der Waals surface area contributed by atoms with Crippen molar-refractivity contribution in [3.8, 4) is 0 Å². The Bertz CT molecular complexity index is 1040. The normalized spacial score (nSPS) is 12.5. The molecule has 210 valence electrons. The number of amides is 2. The molecule has 1 aromatic rings. The number of nitrogens with two attached hydrogens (primary N) is 1. The highest BCUT2D eigenvalue weighted by molar-refractivity contribution is 5.97. The number of carbonyl (C=O) groups excluding carboxylic acids is 2. The highest BCUT2D eigenvalue weighted by Gasteiger charge is 2.38. The maximum absolute atomic E-state index is 12.4. The van der Waals surface area contributed by atoms with Gasteiger partial charge in [0.25, 0.3) is 0 Å². The van der Waals surface area contributed by atoms with Crippen LogP contribution in [-0.4, -0.2) is 69.3 Å². The zero-order valence-electron chi connectivity index (χ0n) is 20.2. The third-order valence-electron chi connectivity index (χ3n) is 4.19. The van der Waals surface area contributed by atoms with Crippen LogP contribution in [0.2, 0.25) is 0 Å². The third-order valence-corrected chi connectivity index (χ3v) is 4.19. The fraction of sp³-hybridized carbons (Fsp3) is 0.364. The smallest absolute Gasteiger partial charge is 0.481 e. The largest absolute Gasteiger partial charge is 0.490 e. The number of anilines is 1. The summed E-state index contributed by atoms with van der Waals surface area (Å²) in [5.41, 5.74) is 6.45. The number of guanidine groups is 1. The number of hydrogen-bond donors (Lipinski definition) is 8. The van der Waals surface area contributed by atoms with Gasteiger partial charge in [-0.1, -0.05) is 26.0 Å². The van der Waals surface area contributed by atoms with Gasteiger partial charge in [0.15, 0.2) is 5.96 Å². The summed E-state index contributed by atoms with van der Waals surface area (Å²) in [7, 11) is 0. The minimum atomic E-state index is -5.08. The Hall–Kier alpha value is -4.63. The molecule has 0 aliphatic carbocycles. The number of alkyl halides is 3. The van der Waals surface area contributed by atoms with Crippen LogP contribution in [0.4, 0.5) is 18.9 Å². The van der Waals surface area contributed by atoms with Crippen LogP contribution in [-0.2, 0) is 24.0 Å². The third kappa shape index (κ3) is 14.7. The van der Waals surface area contributed by atoms with Gasteiger partial charge in [-0.2, -0.15) is 13.2 Å². The van der Waals surface area contributed by atoms with Crippen LogP contribution in [0.15, 0.2) is 30.3 Å². The van der Waals surface area contributed by atoms with E-state index in [0.29, 0.717) is 11.3 Å². The molecule has 1 aromatic carbocycles. The van der Waals surface area contributed by atoms with Gasteiger partial charge in [-0.15, -0.1) is 0 Å². The molecule has 9 N–H and O–H groups in total.